The van der Waals surface area contributed by atoms with Gasteiger partial charge in [-0.1, -0.05) is 43.7 Å². The SMILES string of the molecule is CCCCn1cc(C(=O)NCc2ccccc2)c(=O)c2cc(F)c(N3CCOCC3)c(Br)c21. The van der Waals surface area contributed by atoms with Crippen LogP contribution in [0.4, 0.5) is 10.1 Å². The largest absolute Gasteiger partial charge is 0.378 e. The standard InChI is InChI=1S/C25H27BrFN3O3/c1-2-3-9-30-16-19(25(32)28-15-17-7-5-4-6-8-17)24(31)18-14-20(27)23(21(26)22(18)30)29-10-12-33-13-11-29/h4-8,14,16H,2-3,9-13,15H2,1H3,(H,28,32). The van der Waals surface area contributed by atoms with Crippen LogP contribution in [-0.4, -0.2) is 36.8 Å². The Hall–Kier alpha value is -2.71. The zero-order valence-electron chi connectivity index (χ0n) is 18.6. The van der Waals surface area contributed by atoms with Crippen LogP contribution in [0.1, 0.15) is 35.7 Å². The molecule has 1 fully saturated rings. The molecule has 0 spiro atoms. The molecule has 1 saturated heterocycles. The van der Waals surface area contributed by atoms with Crippen molar-refractivity contribution < 1.29 is 13.9 Å². The van der Waals surface area contributed by atoms with Crippen LogP contribution in [0.5, 0.6) is 0 Å². The summed E-state index contributed by atoms with van der Waals surface area (Å²) in [5.41, 5.74) is 1.51. The average Bonchev–Trinajstić information content (AvgIpc) is 2.83. The second kappa shape index (κ2) is 10.5. The summed E-state index contributed by atoms with van der Waals surface area (Å²) in [4.78, 5) is 28.2. The van der Waals surface area contributed by atoms with Crippen LogP contribution >= 0.6 is 15.9 Å². The van der Waals surface area contributed by atoms with Gasteiger partial charge in [-0.15, -0.1) is 0 Å². The fourth-order valence-electron chi connectivity index (χ4n) is 4.09. The van der Waals surface area contributed by atoms with E-state index < -0.39 is 17.2 Å². The number of carbonyl (C=O) groups excluding carboxylic acids is 1. The maximum atomic E-state index is 15.3. The molecule has 0 aliphatic carbocycles. The number of morpholine rings is 1. The number of fused-ring (bicyclic) bond motifs is 1. The highest BCUT2D eigenvalue weighted by Gasteiger charge is 2.24. The van der Waals surface area contributed by atoms with Crippen LogP contribution in [0.2, 0.25) is 0 Å². The third-order valence-electron chi connectivity index (χ3n) is 5.85. The smallest absolute Gasteiger partial charge is 0.257 e. The van der Waals surface area contributed by atoms with Gasteiger partial charge in [-0.25, -0.2) is 4.39 Å². The second-order valence-electron chi connectivity index (χ2n) is 8.10. The molecule has 0 unspecified atom stereocenters. The first-order valence-electron chi connectivity index (χ1n) is 11.2. The molecule has 2 heterocycles. The monoisotopic (exact) mass is 515 g/mol. The van der Waals surface area contributed by atoms with Crippen LogP contribution in [0.3, 0.4) is 0 Å². The van der Waals surface area contributed by atoms with Crippen molar-refractivity contribution in [1.82, 2.24) is 9.88 Å². The van der Waals surface area contributed by atoms with Crippen molar-refractivity contribution in [3.63, 3.8) is 0 Å². The number of carbonyl (C=O) groups is 1. The molecule has 1 aliphatic heterocycles. The van der Waals surface area contributed by atoms with E-state index in [9.17, 15) is 9.59 Å². The molecule has 1 aliphatic rings. The first-order valence-corrected chi connectivity index (χ1v) is 12.0. The number of aryl methyl sites for hydroxylation is 1. The molecule has 6 nitrogen and oxygen atoms in total. The van der Waals surface area contributed by atoms with Gasteiger partial charge < -0.3 is 19.5 Å². The maximum Gasteiger partial charge on any atom is 0.257 e. The highest BCUT2D eigenvalue weighted by Crippen LogP contribution is 2.36. The molecule has 8 heteroatoms. The van der Waals surface area contributed by atoms with E-state index in [2.05, 4.69) is 28.2 Å². The Morgan fingerprint density at radius 1 is 1.21 bits per heavy atom. The minimum Gasteiger partial charge on any atom is -0.378 e. The topological polar surface area (TPSA) is 63.6 Å². The lowest BCUT2D eigenvalue weighted by molar-refractivity contribution is 0.0949. The lowest BCUT2D eigenvalue weighted by Crippen LogP contribution is -2.37. The van der Waals surface area contributed by atoms with Gasteiger partial charge in [-0.3, -0.25) is 9.59 Å². The fraction of sp³-hybridized carbons (Fsp3) is 0.360. The molecule has 0 bridgehead atoms. The molecular formula is C25H27BrFN3O3. The predicted octanol–water partition coefficient (Wildman–Crippen LogP) is 4.47. The van der Waals surface area contributed by atoms with Gasteiger partial charge in [0.15, 0.2) is 0 Å². The van der Waals surface area contributed by atoms with Gasteiger partial charge in [0.1, 0.15) is 11.4 Å². The molecular weight excluding hydrogens is 489 g/mol. The quantitative estimate of drug-likeness (QED) is 0.504. The highest BCUT2D eigenvalue weighted by molar-refractivity contribution is 9.10. The van der Waals surface area contributed by atoms with E-state index in [1.54, 1.807) is 6.20 Å². The number of benzene rings is 2. The van der Waals surface area contributed by atoms with Gasteiger partial charge in [-0.2, -0.15) is 0 Å². The molecule has 0 atom stereocenters. The molecule has 33 heavy (non-hydrogen) atoms. The summed E-state index contributed by atoms with van der Waals surface area (Å²) in [5.74, 6) is -0.956. The number of anilines is 1. The molecule has 0 radical (unpaired) electrons. The number of ether oxygens (including phenoxy) is 1. The first kappa shape index (κ1) is 23.4. The molecule has 174 valence electrons. The lowest BCUT2D eigenvalue weighted by Gasteiger charge is -2.30. The summed E-state index contributed by atoms with van der Waals surface area (Å²) in [6.07, 6.45) is 3.41. The summed E-state index contributed by atoms with van der Waals surface area (Å²) in [6.45, 7) is 5.17. The van der Waals surface area contributed by atoms with Crippen molar-refractivity contribution in [3.8, 4) is 0 Å². The number of hydrogen-bond donors (Lipinski definition) is 1. The Morgan fingerprint density at radius 3 is 2.64 bits per heavy atom. The third-order valence-corrected chi connectivity index (χ3v) is 6.60. The van der Waals surface area contributed by atoms with E-state index in [1.165, 1.54) is 6.07 Å². The Balaban J connectivity index is 1.78. The van der Waals surface area contributed by atoms with Crippen molar-refractivity contribution in [2.75, 3.05) is 31.2 Å². The van der Waals surface area contributed by atoms with E-state index in [-0.39, 0.29) is 10.9 Å². The van der Waals surface area contributed by atoms with Crippen molar-refractivity contribution in [3.05, 3.63) is 74.2 Å². The van der Waals surface area contributed by atoms with Gasteiger partial charge in [-0.05, 0) is 34.0 Å². The summed E-state index contributed by atoms with van der Waals surface area (Å²) < 4.78 is 23.1. The molecule has 1 amide bonds. The van der Waals surface area contributed by atoms with Crippen molar-refractivity contribution in [2.45, 2.75) is 32.9 Å². The Kier molecular flexibility index (Phi) is 7.45. The number of aromatic nitrogens is 1. The Morgan fingerprint density at radius 2 is 1.94 bits per heavy atom. The van der Waals surface area contributed by atoms with E-state index in [4.69, 9.17) is 4.74 Å². The molecule has 0 saturated carbocycles. The van der Waals surface area contributed by atoms with Crippen molar-refractivity contribution in [1.29, 1.82) is 0 Å². The highest BCUT2D eigenvalue weighted by atomic mass is 79.9. The normalized spacial score (nSPS) is 14.0. The van der Waals surface area contributed by atoms with Crippen LogP contribution in [-0.2, 0) is 17.8 Å². The van der Waals surface area contributed by atoms with Crippen LogP contribution in [0.25, 0.3) is 10.9 Å². The van der Waals surface area contributed by atoms with Gasteiger partial charge >= 0.3 is 0 Å². The second-order valence-corrected chi connectivity index (χ2v) is 8.90. The van der Waals surface area contributed by atoms with E-state index in [0.717, 1.165) is 18.4 Å². The molecule has 4 rings (SSSR count). The number of nitrogens with one attached hydrogen (secondary N) is 1. The minimum absolute atomic E-state index is 0.0138. The maximum absolute atomic E-state index is 15.3. The predicted molar refractivity (Wildman–Crippen MR) is 131 cm³/mol. The van der Waals surface area contributed by atoms with Gasteiger partial charge in [0.25, 0.3) is 5.91 Å². The number of unbranched alkanes of at least 4 members (excludes halogenated alkanes) is 1. The summed E-state index contributed by atoms with van der Waals surface area (Å²) in [7, 11) is 0. The summed E-state index contributed by atoms with van der Waals surface area (Å²) in [5, 5.41) is 3.01. The van der Waals surface area contributed by atoms with E-state index in [1.807, 2.05) is 39.8 Å². The number of hydrogen-bond acceptors (Lipinski definition) is 4. The third kappa shape index (κ3) is 4.96. The van der Waals surface area contributed by atoms with Crippen molar-refractivity contribution in [2.24, 2.45) is 0 Å². The molecule has 1 N–H and O–H groups in total. The van der Waals surface area contributed by atoms with Crippen LogP contribution in [0, 0.1) is 5.82 Å². The van der Waals surface area contributed by atoms with E-state index in [0.29, 0.717) is 55.1 Å². The van der Waals surface area contributed by atoms with Gasteiger partial charge in [0, 0.05) is 32.4 Å². The minimum atomic E-state index is -0.489. The van der Waals surface area contributed by atoms with Crippen LogP contribution in [0.15, 0.2) is 51.9 Å². The number of nitrogens with zero attached hydrogens (tertiary/aromatic N) is 2. The molecule has 1 aromatic heterocycles. The molecule has 3 aromatic rings. The van der Waals surface area contributed by atoms with Gasteiger partial charge in [0.2, 0.25) is 5.43 Å². The number of halogens is 2. The van der Waals surface area contributed by atoms with Crippen LogP contribution < -0.4 is 15.6 Å². The first-order chi connectivity index (χ1) is 16.0. The van der Waals surface area contributed by atoms with Gasteiger partial charge in [0.05, 0.1) is 34.3 Å². The fourth-order valence-corrected chi connectivity index (χ4v) is 4.97. The zero-order valence-corrected chi connectivity index (χ0v) is 20.2. The molecule has 2 aromatic carbocycles. The van der Waals surface area contributed by atoms with E-state index >= 15 is 4.39 Å². The number of rotatable bonds is 7. The van der Waals surface area contributed by atoms with Crippen molar-refractivity contribution >= 4 is 38.4 Å². The summed E-state index contributed by atoms with van der Waals surface area (Å²) in [6, 6.07) is 10.8. The lowest BCUT2D eigenvalue weighted by atomic mass is 10.1. The Labute approximate surface area is 200 Å². The zero-order chi connectivity index (χ0) is 23.4. The number of amides is 1. The average molecular weight is 516 g/mol. The number of pyridine rings is 1. The Bertz CT molecular complexity index is 1210. The summed E-state index contributed by atoms with van der Waals surface area (Å²) >= 11 is 3.59.